The Labute approximate surface area is 278 Å². The van der Waals surface area contributed by atoms with Crippen LogP contribution in [0.25, 0.3) is 54.8 Å². The van der Waals surface area contributed by atoms with E-state index in [1.807, 2.05) is 18.2 Å². The molecule has 0 amide bonds. The second kappa shape index (κ2) is 11.8. The van der Waals surface area contributed by atoms with Gasteiger partial charge in [0.2, 0.25) is 0 Å². The number of hydrogen-bond donors (Lipinski definition) is 1. The summed E-state index contributed by atoms with van der Waals surface area (Å²) in [5, 5.41) is 9.45. The lowest BCUT2D eigenvalue weighted by atomic mass is 9.94. The number of hydrogen-bond acceptors (Lipinski definition) is 4. The van der Waals surface area contributed by atoms with Crippen LogP contribution in [0.3, 0.4) is 0 Å². The van der Waals surface area contributed by atoms with Gasteiger partial charge in [0.1, 0.15) is 12.0 Å². The molecule has 4 heteroatoms. The lowest BCUT2D eigenvalue weighted by Crippen LogP contribution is -2.33. The Bertz CT molecular complexity index is 2530. The first-order chi connectivity index (χ1) is 23.7. The molecular weight excluding hydrogens is 585 g/mol. The number of benzene rings is 7. The van der Waals surface area contributed by atoms with Crippen molar-refractivity contribution in [2.75, 3.05) is 0 Å². The average molecular weight is 615 g/mol. The van der Waals surface area contributed by atoms with E-state index in [-0.39, 0.29) is 6.17 Å². The van der Waals surface area contributed by atoms with Crippen LogP contribution >= 0.6 is 0 Å². The molecular formula is C44H30N4. The molecule has 0 radical (unpaired) electrons. The SMILES string of the molecule is c1ccc(-c2ccc3cc(C4N=C(c5cc6ccccc6cc5-c5ccccc5)N=C(c5ccc6ccccc6c5)N4)ccc3n2)cc1. The summed E-state index contributed by atoms with van der Waals surface area (Å²) in [6, 6.07) is 59.4. The highest BCUT2D eigenvalue weighted by Crippen LogP contribution is 2.33. The fraction of sp³-hybridized carbons (Fsp3) is 0.0227. The van der Waals surface area contributed by atoms with Gasteiger partial charge in [0, 0.05) is 22.1 Å². The number of pyridine rings is 1. The van der Waals surface area contributed by atoms with Crippen LogP contribution in [0.4, 0.5) is 0 Å². The smallest absolute Gasteiger partial charge is 0.160 e. The molecule has 0 spiro atoms. The fourth-order valence-electron chi connectivity index (χ4n) is 6.59. The Morgan fingerprint density at radius 2 is 1.06 bits per heavy atom. The summed E-state index contributed by atoms with van der Waals surface area (Å²) in [4.78, 5) is 15.6. The van der Waals surface area contributed by atoms with Gasteiger partial charge in [-0.2, -0.15) is 0 Å². The van der Waals surface area contributed by atoms with Crippen LogP contribution in [0.2, 0.25) is 0 Å². The standard InChI is InChI=1S/C44H30N4/c1-3-12-30(13-4-1)38-27-33-17-9-10-18-34(33)28-39(38)44-47-42(36-20-19-29-11-7-8-16-32(29)25-36)46-43(48-44)37-22-24-41-35(26-37)21-23-40(45-41)31-14-5-2-6-15-31/h1-28,43H,(H,46,47,48). The molecule has 0 saturated carbocycles. The molecule has 0 aliphatic carbocycles. The van der Waals surface area contributed by atoms with Gasteiger partial charge in [-0.25, -0.2) is 15.0 Å². The summed E-state index contributed by atoms with van der Waals surface area (Å²) in [5.74, 6) is 1.49. The van der Waals surface area contributed by atoms with Crippen LogP contribution < -0.4 is 5.32 Å². The summed E-state index contributed by atoms with van der Waals surface area (Å²) in [6.45, 7) is 0. The molecule has 4 nitrogen and oxygen atoms in total. The van der Waals surface area contributed by atoms with Gasteiger partial charge in [-0.15, -0.1) is 0 Å². The van der Waals surface area contributed by atoms with E-state index in [0.717, 1.165) is 61.2 Å². The molecule has 1 aromatic heterocycles. The van der Waals surface area contributed by atoms with Crippen LogP contribution in [0, 0.1) is 0 Å². The van der Waals surface area contributed by atoms with Crippen molar-refractivity contribution in [1.29, 1.82) is 0 Å². The van der Waals surface area contributed by atoms with Gasteiger partial charge < -0.3 is 5.32 Å². The van der Waals surface area contributed by atoms with E-state index in [2.05, 4.69) is 157 Å². The minimum Gasteiger partial charge on any atom is -0.344 e. The van der Waals surface area contributed by atoms with E-state index in [9.17, 15) is 0 Å². The van der Waals surface area contributed by atoms with Crippen molar-refractivity contribution in [1.82, 2.24) is 10.3 Å². The molecule has 1 unspecified atom stereocenters. The van der Waals surface area contributed by atoms with Crippen molar-refractivity contribution >= 4 is 44.1 Å². The maximum Gasteiger partial charge on any atom is 0.160 e. The predicted octanol–water partition coefficient (Wildman–Crippen LogP) is 10.4. The summed E-state index contributed by atoms with van der Waals surface area (Å²) < 4.78 is 0. The largest absolute Gasteiger partial charge is 0.344 e. The van der Waals surface area contributed by atoms with Crippen molar-refractivity contribution in [2.45, 2.75) is 6.17 Å². The Morgan fingerprint density at radius 3 is 1.81 bits per heavy atom. The van der Waals surface area contributed by atoms with Crippen molar-refractivity contribution in [3.8, 4) is 22.4 Å². The predicted molar refractivity (Wildman–Crippen MR) is 199 cm³/mol. The monoisotopic (exact) mass is 614 g/mol. The lowest BCUT2D eigenvalue weighted by Gasteiger charge is -2.25. The van der Waals surface area contributed by atoms with Crippen LogP contribution in [0.15, 0.2) is 180 Å². The zero-order valence-corrected chi connectivity index (χ0v) is 26.1. The van der Waals surface area contributed by atoms with Crippen LogP contribution in [0.5, 0.6) is 0 Å². The first kappa shape index (κ1) is 27.9. The highest BCUT2D eigenvalue weighted by atomic mass is 15.2. The maximum absolute atomic E-state index is 5.32. The number of nitrogens with zero attached hydrogens (tertiary/aromatic N) is 3. The van der Waals surface area contributed by atoms with E-state index in [4.69, 9.17) is 15.0 Å². The van der Waals surface area contributed by atoms with Gasteiger partial charge in [-0.3, -0.25) is 0 Å². The van der Waals surface area contributed by atoms with Gasteiger partial charge in [-0.1, -0.05) is 133 Å². The first-order valence-corrected chi connectivity index (χ1v) is 16.2. The number of aliphatic imine (C=N–C) groups is 2. The minimum atomic E-state index is -0.354. The van der Waals surface area contributed by atoms with Crippen molar-refractivity contribution in [3.63, 3.8) is 0 Å². The molecule has 1 aliphatic heterocycles. The number of amidine groups is 2. The highest BCUT2D eigenvalue weighted by Gasteiger charge is 2.24. The molecule has 0 fully saturated rings. The third-order valence-electron chi connectivity index (χ3n) is 9.08. The summed E-state index contributed by atoms with van der Waals surface area (Å²) >= 11 is 0. The molecule has 1 N–H and O–H groups in total. The third kappa shape index (κ3) is 5.20. The van der Waals surface area contributed by atoms with Crippen molar-refractivity contribution < 1.29 is 0 Å². The molecule has 226 valence electrons. The van der Waals surface area contributed by atoms with E-state index < -0.39 is 0 Å². The van der Waals surface area contributed by atoms with E-state index in [0.29, 0.717) is 5.84 Å². The molecule has 7 aromatic carbocycles. The quantitative estimate of drug-likeness (QED) is 0.210. The van der Waals surface area contributed by atoms with Crippen LogP contribution in [-0.2, 0) is 0 Å². The minimum absolute atomic E-state index is 0.354. The Morgan fingerprint density at radius 1 is 0.438 bits per heavy atom. The van der Waals surface area contributed by atoms with Gasteiger partial charge in [0.05, 0.1) is 11.2 Å². The zero-order valence-electron chi connectivity index (χ0n) is 26.1. The Hall–Kier alpha value is -6.39. The third-order valence-corrected chi connectivity index (χ3v) is 9.08. The fourth-order valence-corrected chi connectivity index (χ4v) is 6.59. The average Bonchev–Trinajstić information content (AvgIpc) is 3.17. The number of fused-ring (bicyclic) bond motifs is 3. The molecule has 8 aromatic rings. The maximum atomic E-state index is 5.32. The van der Waals surface area contributed by atoms with E-state index in [1.54, 1.807) is 0 Å². The van der Waals surface area contributed by atoms with E-state index >= 15 is 0 Å². The molecule has 2 heterocycles. The zero-order chi connectivity index (χ0) is 31.9. The molecule has 0 saturated heterocycles. The number of aromatic nitrogens is 1. The number of nitrogens with one attached hydrogen (secondary N) is 1. The Balaban J connectivity index is 1.20. The van der Waals surface area contributed by atoms with Gasteiger partial charge >= 0.3 is 0 Å². The van der Waals surface area contributed by atoms with E-state index in [1.165, 1.54) is 16.2 Å². The summed E-state index contributed by atoms with van der Waals surface area (Å²) in [6.07, 6.45) is -0.354. The second-order valence-electron chi connectivity index (χ2n) is 12.1. The van der Waals surface area contributed by atoms with Crippen molar-refractivity contribution in [3.05, 3.63) is 187 Å². The second-order valence-corrected chi connectivity index (χ2v) is 12.1. The normalized spacial score (nSPS) is 14.5. The molecule has 9 rings (SSSR count). The van der Waals surface area contributed by atoms with Gasteiger partial charge in [-0.05, 0) is 74.6 Å². The van der Waals surface area contributed by atoms with Gasteiger partial charge in [0.15, 0.2) is 5.84 Å². The topological polar surface area (TPSA) is 49.6 Å². The molecule has 48 heavy (non-hydrogen) atoms. The summed E-state index contributed by atoms with van der Waals surface area (Å²) in [5.41, 5.74) is 8.31. The van der Waals surface area contributed by atoms with Crippen LogP contribution in [0.1, 0.15) is 22.9 Å². The summed E-state index contributed by atoms with van der Waals surface area (Å²) in [7, 11) is 0. The van der Waals surface area contributed by atoms with Crippen molar-refractivity contribution in [2.24, 2.45) is 9.98 Å². The Kier molecular flexibility index (Phi) is 6.83. The lowest BCUT2D eigenvalue weighted by molar-refractivity contribution is 0.675. The highest BCUT2D eigenvalue weighted by molar-refractivity contribution is 6.17. The molecule has 1 atom stereocenters. The number of rotatable bonds is 5. The van der Waals surface area contributed by atoms with Gasteiger partial charge in [0.25, 0.3) is 0 Å². The first-order valence-electron chi connectivity index (χ1n) is 16.2. The van der Waals surface area contributed by atoms with Crippen LogP contribution in [-0.4, -0.2) is 16.7 Å². The molecule has 1 aliphatic rings. The molecule has 0 bridgehead atoms.